The van der Waals surface area contributed by atoms with Gasteiger partial charge in [0.25, 0.3) is 0 Å². The first-order valence-electron chi connectivity index (χ1n) is 3.56. The van der Waals surface area contributed by atoms with Crippen molar-refractivity contribution in [3.8, 4) is 0 Å². The van der Waals surface area contributed by atoms with Gasteiger partial charge >= 0.3 is 0 Å². The van der Waals surface area contributed by atoms with E-state index in [0.29, 0.717) is 10.7 Å². The number of halogens is 1. The topological polar surface area (TPSA) is 72.3 Å². The highest BCUT2D eigenvalue weighted by atomic mass is 35.5. The summed E-state index contributed by atoms with van der Waals surface area (Å²) in [6.45, 7) is -0.0970. The summed E-state index contributed by atoms with van der Waals surface area (Å²) in [5.41, 5.74) is 12.4. The third-order valence-corrected chi connectivity index (χ3v) is 1.98. The number of hydrogen-bond donors (Lipinski definition) is 3. The summed E-state index contributed by atoms with van der Waals surface area (Å²) in [6.07, 6.45) is 0. The molecule has 0 spiro atoms. The van der Waals surface area contributed by atoms with Crippen LogP contribution < -0.4 is 11.5 Å². The summed E-state index contributed by atoms with van der Waals surface area (Å²) in [4.78, 5) is 0. The van der Waals surface area contributed by atoms with Gasteiger partial charge in [-0.05, 0) is 17.7 Å². The first-order chi connectivity index (χ1) is 5.65. The van der Waals surface area contributed by atoms with Crippen molar-refractivity contribution < 1.29 is 5.11 Å². The molecule has 0 radical (unpaired) electrons. The third-order valence-electron chi connectivity index (χ3n) is 1.65. The summed E-state index contributed by atoms with van der Waals surface area (Å²) in [7, 11) is 0. The zero-order chi connectivity index (χ0) is 9.14. The van der Waals surface area contributed by atoms with Crippen molar-refractivity contribution in [3.05, 3.63) is 28.8 Å². The van der Waals surface area contributed by atoms with Crippen LogP contribution in [-0.4, -0.2) is 11.7 Å². The van der Waals surface area contributed by atoms with Crippen LogP contribution in [0.15, 0.2) is 18.2 Å². The van der Waals surface area contributed by atoms with E-state index in [1.807, 2.05) is 0 Å². The van der Waals surface area contributed by atoms with Gasteiger partial charge in [-0.3, -0.25) is 0 Å². The van der Waals surface area contributed by atoms with Crippen LogP contribution in [0, 0.1) is 0 Å². The number of aliphatic hydroxyl groups is 1. The molecule has 1 rings (SSSR count). The molecule has 0 saturated carbocycles. The molecule has 1 aromatic rings. The molecule has 0 aliphatic rings. The number of rotatable bonds is 2. The SMILES string of the molecule is Nc1ccc(C(N)CO)cc1Cl. The quantitative estimate of drug-likeness (QED) is 0.602. The Morgan fingerprint density at radius 1 is 1.50 bits per heavy atom. The second kappa shape index (κ2) is 3.76. The van der Waals surface area contributed by atoms with Gasteiger partial charge in [0.15, 0.2) is 0 Å². The largest absolute Gasteiger partial charge is 0.398 e. The smallest absolute Gasteiger partial charge is 0.0638 e. The highest BCUT2D eigenvalue weighted by molar-refractivity contribution is 6.33. The molecule has 0 saturated heterocycles. The van der Waals surface area contributed by atoms with Crippen molar-refractivity contribution in [2.45, 2.75) is 6.04 Å². The predicted molar refractivity (Wildman–Crippen MR) is 49.9 cm³/mol. The minimum Gasteiger partial charge on any atom is -0.398 e. The van der Waals surface area contributed by atoms with Crippen molar-refractivity contribution in [2.24, 2.45) is 5.73 Å². The second-order valence-electron chi connectivity index (χ2n) is 2.57. The van der Waals surface area contributed by atoms with Gasteiger partial charge in [0.05, 0.1) is 23.4 Å². The highest BCUT2D eigenvalue weighted by Gasteiger charge is 2.05. The van der Waals surface area contributed by atoms with Gasteiger partial charge in [-0.2, -0.15) is 0 Å². The Balaban J connectivity index is 2.96. The molecule has 1 aromatic carbocycles. The summed E-state index contributed by atoms with van der Waals surface area (Å²) < 4.78 is 0. The molecule has 1 atom stereocenters. The summed E-state index contributed by atoms with van der Waals surface area (Å²) >= 11 is 5.75. The van der Waals surface area contributed by atoms with Crippen molar-refractivity contribution in [2.75, 3.05) is 12.3 Å². The Bertz CT molecular complexity index is 278. The molecule has 12 heavy (non-hydrogen) atoms. The number of nitrogens with two attached hydrogens (primary N) is 2. The van der Waals surface area contributed by atoms with Crippen LogP contribution in [0.1, 0.15) is 11.6 Å². The fourth-order valence-electron chi connectivity index (χ4n) is 0.879. The molecule has 5 N–H and O–H groups in total. The van der Waals surface area contributed by atoms with Gasteiger partial charge in [-0.15, -0.1) is 0 Å². The molecular formula is C8H11ClN2O. The molecule has 0 aromatic heterocycles. The number of aliphatic hydroxyl groups excluding tert-OH is 1. The van der Waals surface area contributed by atoms with E-state index in [-0.39, 0.29) is 12.6 Å². The molecule has 0 bridgehead atoms. The minimum atomic E-state index is -0.386. The maximum Gasteiger partial charge on any atom is 0.0638 e. The Hall–Kier alpha value is -0.770. The van der Waals surface area contributed by atoms with E-state index in [2.05, 4.69) is 0 Å². The molecule has 3 nitrogen and oxygen atoms in total. The first-order valence-corrected chi connectivity index (χ1v) is 3.94. The van der Waals surface area contributed by atoms with E-state index in [0.717, 1.165) is 5.56 Å². The zero-order valence-electron chi connectivity index (χ0n) is 6.50. The molecule has 4 heteroatoms. The molecule has 0 aliphatic carbocycles. The van der Waals surface area contributed by atoms with Crippen molar-refractivity contribution >= 4 is 17.3 Å². The Kier molecular flexibility index (Phi) is 2.92. The number of benzene rings is 1. The number of nitrogen functional groups attached to an aromatic ring is 1. The normalized spacial score (nSPS) is 12.9. The zero-order valence-corrected chi connectivity index (χ0v) is 7.25. The third kappa shape index (κ3) is 1.88. The molecule has 1 unspecified atom stereocenters. The van der Waals surface area contributed by atoms with E-state index >= 15 is 0 Å². The number of anilines is 1. The Labute approximate surface area is 75.9 Å². The van der Waals surface area contributed by atoms with E-state index in [4.69, 9.17) is 28.2 Å². The van der Waals surface area contributed by atoms with Crippen LogP contribution in [0.4, 0.5) is 5.69 Å². The monoisotopic (exact) mass is 186 g/mol. The number of hydrogen-bond acceptors (Lipinski definition) is 3. The average molecular weight is 187 g/mol. The van der Waals surface area contributed by atoms with Crippen molar-refractivity contribution in [3.63, 3.8) is 0 Å². The van der Waals surface area contributed by atoms with Gasteiger partial charge in [0.2, 0.25) is 0 Å². The summed E-state index contributed by atoms with van der Waals surface area (Å²) in [6, 6.07) is 4.70. The second-order valence-corrected chi connectivity index (χ2v) is 2.98. The molecule has 0 aliphatic heterocycles. The van der Waals surface area contributed by atoms with Gasteiger partial charge < -0.3 is 16.6 Å². The van der Waals surface area contributed by atoms with E-state index in [1.54, 1.807) is 18.2 Å². The summed E-state index contributed by atoms with van der Waals surface area (Å²) in [5, 5.41) is 9.22. The van der Waals surface area contributed by atoms with Crippen LogP contribution in [0.25, 0.3) is 0 Å². The molecule has 0 amide bonds. The maximum absolute atomic E-state index is 8.75. The maximum atomic E-state index is 8.75. The lowest BCUT2D eigenvalue weighted by Gasteiger charge is -2.09. The van der Waals surface area contributed by atoms with Gasteiger partial charge in [-0.1, -0.05) is 17.7 Å². The average Bonchev–Trinajstić information content (AvgIpc) is 2.08. The molecule has 66 valence electrons. The van der Waals surface area contributed by atoms with Gasteiger partial charge in [-0.25, -0.2) is 0 Å². The highest BCUT2D eigenvalue weighted by Crippen LogP contribution is 2.22. The lowest BCUT2D eigenvalue weighted by atomic mass is 10.1. The summed E-state index contributed by atoms with van der Waals surface area (Å²) in [5.74, 6) is 0. The van der Waals surface area contributed by atoms with E-state index in [9.17, 15) is 0 Å². The van der Waals surface area contributed by atoms with Crippen molar-refractivity contribution in [1.82, 2.24) is 0 Å². The van der Waals surface area contributed by atoms with E-state index < -0.39 is 0 Å². The molecule has 0 fully saturated rings. The van der Waals surface area contributed by atoms with Crippen LogP contribution in [0.3, 0.4) is 0 Å². The van der Waals surface area contributed by atoms with Gasteiger partial charge in [0.1, 0.15) is 0 Å². The molecular weight excluding hydrogens is 176 g/mol. The standard InChI is InChI=1S/C8H11ClN2O/c9-6-3-5(8(11)4-12)1-2-7(6)10/h1-3,8,12H,4,10-11H2. The van der Waals surface area contributed by atoms with Crippen LogP contribution >= 0.6 is 11.6 Å². The lowest BCUT2D eigenvalue weighted by Crippen LogP contribution is -2.14. The van der Waals surface area contributed by atoms with Crippen LogP contribution in [0.2, 0.25) is 5.02 Å². The van der Waals surface area contributed by atoms with Crippen LogP contribution in [-0.2, 0) is 0 Å². The van der Waals surface area contributed by atoms with Crippen LogP contribution in [0.5, 0.6) is 0 Å². The fourth-order valence-corrected chi connectivity index (χ4v) is 1.07. The lowest BCUT2D eigenvalue weighted by molar-refractivity contribution is 0.268. The van der Waals surface area contributed by atoms with Gasteiger partial charge in [0, 0.05) is 0 Å². The minimum absolute atomic E-state index is 0.0970. The predicted octanol–water partition coefficient (Wildman–Crippen LogP) is 0.914. The first kappa shape index (κ1) is 9.32. The Morgan fingerprint density at radius 3 is 2.67 bits per heavy atom. The molecule has 0 heterocycles. The fraction of sp³-hybridized carbons (Fsp3) is 0.250. The van der Waals surface area contributed by atoms with E-state index in [1.165, 1.54) is 0 Å². The van der Waals surface area contributed by atoms with Crippen molar-refractivity contribution in [1.29, 1.82) is 0 Å². The Morgan fingerprint density at radius 2 is 2.17 bits per heavy atom.